The van der Waals surface area contributed by atoms with Crippen LogP contribution in [0.15, 0.2) is 36.4 Å². The van der Waals surface area contributed by atoms with Crippen LogP contribution in [-0.4, -0.2) is 12.2 Å². The Morgan fingerprint density at radius 3 is 2.71 bits per heavy atom. The van der Waals surface area contributed by atoms with Crippen molar-refractivity contribution in [2.75, 3.05) is 7.11 Å². The van der Waals surface area contributed by atoms with Gasteiger partial charge in [-0.1, -0.05) is 29.8 Å². The molecule has 0 amide bonds. The van der Waals surface area contributed by atoms with Gasteiger partial charge in [0.25, 0.3) is 0 Å². The standard InChI is InChI=1S/C13H13ClO2S/c1-16-11-5-3-2-4-9(11)8-10(15)12-6-7-13(14)17-12/h2-7,10,15H,8H2,1H3. The number of rotatable bonds is 4. The molecule has 1 unspecified atom stereocenters. The van der Waals surface area contributed by atoms with E-state index in [1.807, 2.05) is 30.3 Å². The van der Waals surface area contributed by atoms with Gasteiger partial charge in [-0.15, -0.1) is 11.3 Å². The average molecular weight is 269 g/mol. The molecule has 2 nitrogen and oxygen atoms in total. The highest BCUT2D eigenvalue weighted by atomic mass is 35.5. The Kier molecular flexibility index (Phi) is 4.05. The van der Waals surface area contributed by atoms with E-state index in [-0.39, 0.29) is 0 Å². The first-order chi connectivity index (χ1) is 8.20. The summed E-state index contributed by atoms with van der Waals surface area (Å²) >= 11 is 7.25. The number of para-hydroxylation sites is 1. The van der Waals surface area contributed by atoms with E-state index in [2.05, 4.69) is 0 Å². The Morgan fingerprint density at radius 1 is 1.29 bits per heavy atom. The number of hydrogen-bond acceptors (Lipinski definition) is 3. The minimum atomic E-state index is -0.538. The average Bonchev–Trinajstić information content (AvgIpc) is 2.77. The van der Waals surface area contributed by atoms with Crippen LogP contribution in [0.5, 0.6) is 5.75 Å². The highest BCUT2D eigenvalue weighted by Crippen LogP contribution is 2.30. The molecule has 0 aliphatic rings. The van der Waals surface area contributed by atoms with Gasteiger partial charge in [-0.2, -0.15) is 0 Å². The van der Waals surface area contributed by atoms with Crippen LogP contribution in [0, 0.1) is 0 Å². The predicted molar refractivity (Wildman–Crippen MR) is 71.0 cm³/mol. The zero-order valence-corrected chi connectivity index (χ0v) is 11.0. The van der Waals surface area contributed by atoms with Gasteiger partial charge in [0.2, 0.25) is 0 Å². The molecule has 2 rings (SSSR count). The number of thiophene rings is 1. The van der Waals surface area contributed by atoms with Crippen LogP contribution in [0.1, 0.15) is 16.5 Å². The molecule has 1 atom stereocenters. The van der Waals surface area contributed by atoms with Gasteiger partial charge in [0, 0.05) is 11.3 Å². The quantitative estimate of drug-likeness (QED) is 0.916. The van der Waals surface area contributed by atoms with Crippen LogP contribution in [0.2, 0.25) is 4.34 Å². The second-order valence-corrected chi connectivity index (χ2v) is 5.42. The molecular formula is C13H13ClO2S. The lowest BCUT2D eigenvalue weighted by Crippen LogP contribution is -2.01. The third-order valence-corrected chi connectivity index (χ3v) is 3.86. The molecule has 17 heavy (non-hydrogen) atoms. The molecule has 0 saturated carbocycles. The van der Waals surface area contributed by atoms with Gasteiger partial charge in [-0.3, -0.25) is 0 Å². The van der Waals surface area contributed by atoms with Crippen LogP contribution in [0.4, 0.5) is 0 Å². The molecule has 0 spiro atoms. The molecule has 0 radical (unpaired) electrons. The van der Waals surface area contributed by atoms with Crippen molar-refractivity contribution in [1.29, 1.82) is 0 Å². The van der Waals surface area contributed by atoms with Crippen molar-refractivity contribution in [1.82, 2.24) is 0 Å². The molecule has 0 aliphatic carbocycles. The molecule has 1 aromatic heterocycles. The van der Waals surface area contributed by atoms with E-state index in [0.717, 1.165) is 16.2 Å². The Morgan fingerprint density at radius 2 is 2.06 bits per heavy atom. The summed E-state index contributed by atoms with van der Waals surface area (Å²) in [6, 6.07) is 11.4. The number of ether oxygens (including phenoxy) is 1. The Balaban J connectivity index is 2.15. The molecule has 90 valence electrons. The van der Waals surface area contributed by atoms with Crippen molar-refractivity contribution < 1.29 is 9.84 Å². The van der Waals surface area contributed by atoms with Crippen LogP contribution in [0.25, 0.3) is 0 Å². The lowest BCUT2D eigenvalue weighted by molar-refractivity contribution is 0.181. The summed E-state index contributed by atoms with van der Waals surface area (Å²) in [7, 11) is 1.63. The van der Waals surface area contributed by atoms with Gasteiger partial charge in [0.1, 0.15) is 5.75 Å². The minimum absolute atomic E-state index is 0.529. The van der Waals surface area contributed by atoms with Gasteiger partial charge < -0.3 is 9.84 Å². The van der Waals surface area contributed by atoms with Gasteiger partial charge in [-0.05, 0) is 23.8 Å². The second-order valence-electron chi connectivity index (χ2n) is 3.67. The predicted octanol–water partition coefficient (Wildman–Crippen LogP) is 3.69. The normalized spacial score (nSPS) is 12.4. The maximum absolute atomic E-state index is 10.1. The fourth-order valence-electron chi connectivity index (χ4n) is 1.69. The summed E-state index contributed by atoms with van der Waals surface area (Å²) < 4.78 is 5.95. The number of halogens is 1. The van der Waals surface area contributed by atoms with E-state index in [0.29, 0.717) is 10.8 Å². The number of aliphatic hydroxyl groups is 1. The highest BCUT2D eigenvalue weighted by molar-refractivity contribution is 7.16. The Labute approximate surface area is 109 Å². The van der Waals surface area contributed by atoms with Crippen LogP contribution < -0.4 is 4.74 Å². The number of hydrogen-bond donors (Lipinski definition) is 1. The highest BCUT2D eigenvalue weighted by Gasteiger charge is 2.13. The van der Waals surface area contributed by atoms with Crippen molar-refractivity contribution in [2.45, 2.75) is 12.5 Å². The maximum atomic E-state index is 10.1. The zero-order valence-electron chi connectivity index (χ0n) is 9.39. The smallest absolute Gasteiger partial charge is 0.122 e. The summed E-state index contributed by atoms with van der Waals surface area (Å²) in [5, 5.41) is 10.1. The van der Waals surface area contributed by atoms with Gasteiger partial charge in [-0.25, -0.2) is 0 Å². The first-order valence-electron chi connectivity index (χ1n) is 5.26. The van der Waals surface area contributed by atoms with E-state index in [1.54, 1.807) is 13.2 Å². The number of aliphatic hydroxyl groups excluding tert-OH is 1. The third kappa shape index (κ3) is 3.00. The van der Waals surface area contributed by atoms with Crippen molar-refractivity contribution in [3.63, 3.8) is 0 Å². The van der Waals surface area contributed by atoms with Crippen LogP contribution in [-0.2, 0) is 6.42 Å². The van der Waals surface area contributed by atoms with E-state index in [4.69, 9.17) is 16.3 Å². The van der Waals surface area contributed by atoms with Crippen molar-refractivity contribution in [2.24, 2.45) is 0 Å². The van der Waals surface area contributed by atoms with Gasteiger partial charge >= 0.3 is 0 Å². The molecule has 1 heterocycles. The SMILES string of the molecule is COc1ccccc1CC(O)c1ccc(Cl)s1. The summed E-state index contributed by atoms with van der Waals surface area (Å²) in [4.78, 5) is 0.876. The fourth-order valence-corrected chi connectivity index (χ4v) is 2.73. The summed E-state index contributed by atoms with van der Waals surface area (Å²) in [5.74, 6) is 0.800. The minimum Gasteiger partial charge on any atom is -0.496 e. The summed E-state index contributed by atoms with van der Waals surface area (Å²) in [6.07, 6.45) is -0.00952. The van der Waals surface area contributed by atoms with E-state index < -0.39 is 6.10 Å². The summed E-state index contributed by atoms with van der Waals surface area (Å²) in [6.45, 7) is 0. The van der Waals surface area contributed by atoms with Crippen LogP contribution >= 0.6 is 22.9 Å². The number of benzene rings is 1. The molecule has 1 aromatic carbocycles. The fraction of sp³-hybridized carbons (Fsp3) is 0.231. The number of methoxy groups -OCH3 is 1. The van der Waals surface area contributed by atoms with Crippen LogP contribution in [0.3, 0.4) is 0 Å². The second kappa shape index (κ2) is 5.54. The molecule has 2 aromatic rings. The van der Waals surface area contributed by atoms with E-state index in [9.17, 15) is 5.11 Å². The van der Waals surface area contributed by atoms with Crippen molar-refractivity contribution in [3.05, 3.63) is 51.2 Å². The largest absolute Gasteiger partial charge is 0.496 e. The summed E-state index contributed by atoms with van der Waals surface area (Å²) in [5.41, 5.74) is 0.993. The van der Waals surface area contributed by atoms with E-state index in [1.165, 1.54) is 11.3 Å². The van der Waals surface area contributed by atoms with E-state index >= 15 is 0 Å². The lowest BCUT2D eigenvalue weighted by Gasteiger charge is -2.11. The molecule has 0 bridgehead atoms. The molecule has 0 fully saturated rings. The zero-order chi connectivity index (χ0) is 12.3. The first kappa shape index (κ1) is 12.4. The Hall–Kier alpha value is -1.03. The lowest BCUT2D eigenvalue weighted by atomic mass is 10.1. The third-order valence-electron chi connectivity index (χ3n) is 2.53. The Bertz CT molecular complexity index is 496. The topological polar surface area (TPSA) is 29.5 Å². The van der Waals surface area contributed by atoms with Crippen molar-refractivity contribution in [3.8, 4) is 5.75 Å². The maximum Gasteiger partial charge on any atom is 0.122 e. The molecule has 4 heteroatoms. The van der Waals surface area contributed by atoms with Gasteiger partial charge in [0.15, 0.2) is 0 Å². The molecule has 1 N–H and O–H groups in total. The molecule has 0 aliphatic heterocycles. The first-order valence-corrected chi connectivity index (χ1v) is 6.45. The van der Waals surface area contributed by atoms with Crippen molar-refractivity contribution >= 4 is 22.9 Å². The molecular weight excluding hydrogens is 256 g/mol. The molecule has 0 saturated heterocycles. The van der Waals surface area contributed by atoms with Gasteiger partial charge in [0.05, 0.1) is 17.6 Å². The monoisotopic (exact) mass is 268 g/mol.